The molecule has 5 heterocycles. The van der Waals surface area contributed by atoms with Gasteiger partial charge in [0.25, 0.3) is 11.5 Å². The first-order valence-corrected chi connectivity index (χ1v) is 26.6. The zero-order valence-corrected chi connectivity index (χ0v) is 43.2. The summed E-state index contributed by atoms with van der Waals surface area (Å²) in [4.78, 5) is 144. The fourth-order valence-electron chi connectivity index (χ4n) is 9.56. The second-order valence-electron chi connectivity index (χ2n) is 18.7. The number of piperazine rings is 1. The number of amides is 3. The van der Waals surface area contributed by atoms with Gasteiger partial charge in [0.15, 0.2) is 22.7 Å². The number of carbonyl (C=O) groups excluding carboxylic acids is 7. The van der Waals surface area contributed by atoms with Crippen molar-refractivity contribution >= 4 is 97.4 Å². The molecule has 2 saturated heterocycles. The van der Waals surface area contributed by atoms with E-state index in [-0.39, 0.29) is 115 Å². The third kappa shape index (κ3) is 12.5. The molecule has 0 radical (unpaired) electrons. The standard InChI is InChI=1S/C48H58N12O14S2/c1-21(41(65)57-32(45(70)71)20-76-75-14-4-5-27-22(2)37(63)36-34(38(27)64)28(19-74-47(51)72)48(73-3)39-31(55-39)18-60(36)48)15-33(62)29(49)12-10-26(61)11-13-30(44(68)69)56-42(66)23-6-8-24(9-7-23)52-16-25-17-53-40-35(54-25)43(67)59-46(50)58-40/h6-9,17,21,28-32,39,52,55H,4-5,10-16,18-20,49H2,1-3H3,(H2,51,72)(H,56,66)(H,57,65)(H,68,69)(H,70,71)(H3,50,53,58,59,67)/t21-,28+,29+,30+,31-,32+,39-,48+/m0/s1. The van der Waals surface area contributed by atoms with Gasteiger partial charge in [0.2, 0.25) is 17.6 Å². The second kappa shape index (κ2) is 24.2. The Hall–Kier alpha value is -7.27. The van der Waals surface area contributed by atoms with E-state index < -0.39 is 82.7 Å². The molecule has 4 aliphatic rings. The molecular formula is C48H58N12O14S2. The lowest BCUT2D eigenvalue weighted by Crippen LogP contribution is -2.55. The van der Waals surface area contributed by atoms with Crippen LogP contribution in [0.4, 0.5) is 16.4 Å². The normalized spacial score (nSPS) is 21.0. The molecule has 0 saturated carbocycles. The van der Waals surface area contributed by atoms with Crippen LogP contribution in [-0.2, 0) is 49.6 Å². The number of carbonyl (C=O) groups is 9. The minimum atomic E-state index is -1.41. The number of primary amides is 1. The number of methoxy groups -OCH3 is 1. The second-order valence-corrected chi connectivity index (χ2v) is 21.3. The largest absolute Gasteiger partial charge is 0.480 e. The van der Waals surface area contributed by atoms with E-state index in [0.717, 1.165) is 0 Å². The number of benzene rings is 1. The van der Waals surface area contributed by atoms with Crippen LogP contribution < -0.4 is 44.0 Å². The summed E-state index contributed by atoms with van der Waals surface area (Å²) in [6.07, 6.45) is -0.0211. The van der Waals surface area contributed by atoms with Crippen molar-refractivity contribution in [2.45, 2.75) is 101 Å². The Morgan fingerprint density at radius 1 is 0.974 bits per heavy atom. The number of fused-ring (bicyclic) bond motifs is 5. The number of allylic oxidation sites excluding steroid dienone is 2. The Balaban J connectivity index is 0.787. The lowest BCUT2D eigenvalue weighted by Gasteiger charge is -2.39. The van der Waals surface area contributed by atoms with E-state index >= 15 is 0 Å². The molecule has 0 spiro atoms. The Bertz CT molecular complexity index is 2970. The third-order valence-electron chi connectivity index (χ3n) is 13.7. The van der Waals surface area contributed by atoms with Crippen LogP contribution in [0.15, 0.2) is 57.7 Å². The molecule has 406 valence electrons. The summed E-state index contributed by atoms with van der Waals surface area (Å²) in [6.45, 7) is 3.39. The van der Waals surface area contributed by atoms with Crippen LogP contribution in [0.3, 0.4) is 0 Å². The number of ether oxygens (including phenoxy) is 2. The van der Waals surface area contributed by atoms with Crippen LogP contribution in [0.2, 0.25) is 0 Å². The number of carboxylic acid groups (broad SMARTS) is 2. The number of Topliss-reactive ketones (excluding diaryl/α,β-unsaturated/α-hetero) is 4. The van der Waals surface area contributed by atoms with E-state index in [4.69, 9.17) is 26.7 Å². The van der Waals surface area contributed by atoms with Crippen LogP contribution in [0, 0.1) is 11.8 Å². The van der Waals surface area contributed by atoms with Gasteiger partial charge in [-0.1, -0.05) is 28.5 Å². The number of aromatic nitrogens is 4. The smallest absolute Gasteiger partial charge is 0.404 e. The third-order valence-corrected chi connectivity index (χ3v) is 16.2. The molecule has 0 bridgehead atoms. The molecular weight excluding hydrogens is 1030 g/mol. The van der Waals surface area contributed by atoms with Crippen molar-refractivity contribution < 1.29 is 62.8 Å². The number of rotatable bonds is 28. The van der Waals surface area contributed by atoms with Crippen LogP contribution in [0.1, 0.15) is 74.8 Å². The van der Waals surface area contributed by atoms with Gasteiger partial charge in [-0.05, 0) is 56.9 Å². The van der Waals surface area contributed by atoms with Crippen molar-refractivity contribution in [1.29, 1.82) is 0 Å². The zero-order valence-electron chi connectivity index (χ0n) is 41.5. The molecule has 1 aromatic carbocycles. The van der Waals surface area contributed by atoms with Gasteiger partial charge < -0.3 is 63.1 Å². The number of H-pyrrole nitrogens is 1. The number of hydrogen-bond acceptors (Lipinski definition) is 22. The summed E-state index contributed by atoms with van der Waals surface area (Å²) in [5, 5.41) is 30.9. The average Bonchev–Trinajstić information content (AvgIpc) is 4.08. The molecule has 2 fully saturated rings. The highest BCUT2D eigenvalue weighted by Crippen LogP contribution is 2.56. The Morgan fingerprint density at radius 3 is 2.37 bits per heavy atom. The van der Waals surface area contributed by atoms with Gasteiger partial charge in [-0.15, -0.1) is 0 Å². The zero-order chi connectivity index (χ0) is 55.2. The monoisotopic (exact) mass is 1090 g/mol. The fourth-order valence-corrected chi connectivity index (χ4v) is 11.8. The number of anilines is 2. The van der Waals surface area contributed by atoms with Crippen LogP contribution in [-0.4, -0.2) is 156 Å². The molecule has 3 aromatic rings. The lowest BCUT2D eigenvalue weighted by atomic mass is 9.79. The fraction of sp³-hybridized carbons (Fsp3) is 0.479. The van der Waals surface area contributed by atoms with Crippen LogP contribution in [0.5, 0.6) is 0 Å². The van der Waals surface area contributed by atoms with Crippen LogP contribution >= 0.6 is 21.6 Å². The van der Waals surface area contributed by atoms with Crippen molar-refractivity contribution in [1.82, 2.24) is 40.8 Å². The van der Waals surface area contributed by atoms with E-state index in [1.807, 2.05) is 4.90 Å². The summed E-state index contributed by atoms with van der Waals surface area (Å²) < 4.78 is 11.2. The number of nitrogens with one attached hydrogen (secondary N) is 5. The van der Waals surface area contributed by atoms with Crippen LogP contribution in [0.25, 0.3) is 11.2 Å². The molecule has 2 aromatic heterocycles. The van der Waals surface area contributed by atoms with Gasteiger partial charge in [-0.25, -0.2) is 24.4 Å². The maximum atomic E-state index is 14.1. The first-order chi connectivity index (χ1) is 36.1. The number of ketones is 4. The van der Waals surface area contributed by atoms with Gasteiger partial charge in [0, 0.05) is 84.4 Å². The van der Waals surface area contributed by atoms with Crippen molar-refractivity contribution in [3.05, 3.63) is 74.5 Å². The maximum Gasteiger partial charge on any atom is 0.404 e. The molecule has 13 N–H and O–H groups in total. The molecule has 1 aliphatic carbocycles. The quantitative estimate of drug-likeness (QED) is 0.0203. The Labute approximate surface area is 441 Å². The van der Waals surface area contributed by atoms with Crippen molar-refractivity contribution in [3.63, 3.8) is 0 Å². The number of hydrogen-bond donors (Lipinski definition) is 10. The van der Waals surface area contributed by atoms with Gasteiger partial charge in [0.1, 0.15) is 30.3 Å². The molecule has 0 unspecified atom stereocenters. The lowest BCUT2D eigenvalue weighted by molar-refractivity contribution is -0.142. The Morgan fingerprint density at radius 2 is 1.68 bits per heavy atom. The predicted octanol–water partition coefficient (Wildman–Crippen LogP) is 0.320. The van der Waals surface area contributed by atoms with E-state index in [1.54, 1.807) is 19.1 Å². The number of nitrogens with zero attached hydrogens (tertiary/aromatic N) is 4. The number of aliphatic carboxylic acids is 2. The highest BCUT2D eigenvalue weighted by molar-refractivity contribution is 8.76. The molecule has 26 nitrogen and oxygen atoms in total. The van der Waals surface area contributed by atoms with Gasteiger partial charge in [0.05, 0.1) is 42.1 Å². The van der Waals surface area contributed by atoms with Crippen molar-refractivity contribution in [2.75, 3.05) is 42.8 Å². The first-order valence-electron chi connectivity index (χ1n) is 24.2. The molecule has 8 atom stereocenters. The van der Waals surface area contributed by atoms with E-state index in [1.165, 1.54) is 54.0 Å². The van der Waals surface area contributed by atoms with E-state index in [0.29, 0.717) is 41.2 Å². The van der Waals surface area contributed by atoms with E-state index in [9.17, 15) is 58.2 Å². The Kier molecular flexibility index (Phi) is 17.9. The summed E-state index contributed by atoms with van der Waals surface area (Å²) in [6, 6.07) is 2.08. The SMILES string of the molecule is CO[C@@]12[C@H](COC(N)=O)C3=C(C(=O)C(C)=C(CCCSSC[C@@H](NC(=O)[C@@H](C)CC(=O)[C@H](N)CCC(=O)CC[C@@H](NC(=O)c4ccc(NCc5cnc6nc(N)[nH]c(=O)c6n5)cc4)C(=O)O)C(=O)O)C3=O)N1C[C@@H]1N[C@@H]12. The molecule has 7 rings (SSSR count). The molecule has 3 amide bonds. The molecule has 76 heavy (non-hydrogen) atoms. The average molecular weight is 1090 g/mol. The summed E-state index contributed by atoms with van der Waals surface area (Å²) in [7, 11) is 3.98. The number of carboxylic acids is 2. The molecule has 28 heteroatoms. The number of nitrogens with two attached hydrogens (primary N) is 3. The molecule has 3 aliphatic heterocycles. The summed E-state index contributed by atoms with van der Waals surface area (Å²) >= 11 is 0. The summed E-state index contributed by atoms with van der Waals surface area (Å²) in [5.74, 6) is -7.06. The topological polar surface area (TPSA) is 423 Å². The van der Waals surface area contributed by atoms with Crippen molar-refractivity contribution in [3.8, 4) is 0 Å². The van der Waals surface area contributed by atoms with Gasteiger partial charge in [-0.3, -0.25) is 38.5 Å². The highest BCUT2D eigenvalue weighted by atomic mass is 33.1. The first kappa shape index (κ1) is 56.5. The van der Waals surface area contributed by atoms with Gasteiger partial charge >= 0.3 is 18.0 Å². The number of aromatic amines is 1. The van der Waals surface area contributed by atoms with Gasteiger partial charge in [-0.2, -0.15) is 4.98 Å². The number of nitrogen functional groups attached to an aromatic ring is 1. The van der Waals surface area contributed by atoms with E-state index in [2.05, 4.69) is 41.2 Å². The minimum absolute atomic E-state index is 0.0140. The maximum absolute atomic E-state index is 14.1. The predicted molar refractivity (Wildman–Crippen MR) is 275 cm³/mol. The highest BCUT2D eigenvalue weighted by Gasteiger charge is 2.72. The summed E-state index contributed by atoms with van der Waals surface area (Å²) in [5.41, 5.74) is 17.6. The van der Waals surface area contributed by atoms with Crippen molar-refractivity contribution in [2.24, 2.45) is 23.3 Å². The minimum Gasteiger partial charge on any atom is -0.480 e.